The van der Waals surface area contributed by atoms with E-state index in [4.69, 9.17) is 27.9 Å². The standard InChI is InChI=1S/C11H13Cl2NO2/c1-7(6-16-2)14-11(15)9-5-8(12)3-4-10(9)13/h3-5,7H,6H2,1-2H3,(H,14,15)/t7-/m0/s1. The summed E-state index contributed by atoms with van der Waals surface area (Å²) >= 11 is 11.7. The van der Waals surface area contributed by atoms with E-state index in [0.29, 0.717) is 22.2 Å². The summed E-state index contributed by atoms with van der Waals surface area (Å²) in [5.74, 6) is -0.253. The lowest BCUT2D eigenvalue weighted by Gasteiger charge is -2.13. The van der Waals surface area contributed by atoms with Gasteiger partial charge in [0.15, 0.2) is 0 Å². The Morgan fingerprint density at radius 1 is 1.50 bits per heavy atom. The maximum Gasteiger partial charge on any atom is 0.253 e. The minimum atomic E-state index is -0.253. The fourth-order valence-electron chi connectivity index (χ4n) is 1.26. The summed E-state index contributed by atoms with van der Waals surface area (Å²) < 4.78 is 4.92. The molecule has 88 valence electrons. The van der Waals surface area contributed by atoms with E-state index in [1.54, 1.807) is 25.3 Å². The lowest BCUT2D eigenvalue weighted by molar-refractivity contribution is 0.0905. The molecule has 1 atom stereocenters. The average Bonchev–Trinajstić information content (AvgIpc) is 2.21. The highest BCUT2D eigenvalue weighted by molar-refractivity contribution is 6.35. The summed E-state index contributed by atoms with van der Waals surface area (Å²) in [6, 6.07) is 4.70. The Labute approximate surface area is 105 Å². The molecule has 0 unspecified atom stereocenters. The van der Waals surface area contributed by atoms with E-state index in [0.717, 1.165) is 0 Å². The minimum Gasteiger partial charge on any atom is -0.383 e. The van der Waals surface area contributed by atoms with E-state index in [2.05, 4.69) is 5.32 Å². The van der Waals surface area contributed by atoms with Crippen LogP contribution in [0.15, 0.2) is 18.2 Å². The number of nitrogens with one attached hydrogen (secondary N) is 1. The molecule has 1 rings (SSSR count). The predicted molar refractivity (Wildman–Crippen MR) is 65.3 cm³/mol. The van der Waals surface area contributed by atoms with Crippen molar-refractivity contribution in [3.05, 3.63) is 33.8 Å². The topological polar surface area (TPSA) is 38.3 Å². The number of hydrogen-bond donors (Lipinski definition) is 1. The van der Waals surface area contributed by atoms with Crippen LogP contribution in [-0.2, 0) is 4.74 Å². The highest BCUT2D eigenvalue weighted by Gasteiger charge is 2.13. The summed E-state index contributed by atoms with van der Waals surface area (Å²) in [6.07, 6.45) is 0. The van der Waals surface area contributed by atoms with Crippen LogP contribution in [0.5, 0.6) is 0 Å². The molecule has 0 aliphatic heterocycles. The van der Waals surface area contributed by atoms with E-state index >= 15 is 0 Å². The molecular weight excluding hydrogens is 249 g/mol. The van der Waals surface area contributed by atoms with Crippen molar-refractivity contribution in [2.45, 2.75) is 13.0 Å². The lowest BCUT2D eigenvalue weighted by Crippen LogP contribution is -2.35. The Morgan fingerprint density at radius 3 is 2.81 bits per heavy atom. The van der Waals surface area contributed by atoms with Gasteiger partial charge >= 0.3 is 0 Å². The molecule has 1 amide bonds. The van der Waals surface area contributed by atoms with Crippen LogP contribution in [0.1, 0.15) is 17.3 Å². The quantitative estimate of drug-likeness (QED) is 0.906. The van der Waals surface area contributed by atoms with Crippen LogP contribution in [0, 0.1) is 0 Å². The highest BCUT2D eigenvalue weighted by atomic mass is 35.5. The number of methoxy groups -OCH3 is 1. The highest BCUT2D eigenvalue weighted by Crippen LogP contribution is 2.20. The number of carbonyl (C=O) groups excluding carboxylic acids is 1. The Hall–Kier alpha value is -0.770. The lowest BCUT2D eigenvalue weighted by atomic mass is 10.2. The Balaban J connectivity index is 2.76. The van der Waals surface area contributed by atoms with Crippen molar-refractivity contribution >= 4 is 29.1 Å². The van der Waals surface area contributed by atoms with Gasteiger partial charge in [-0.2, -0.15) is 0 Å². The van der Waals surface area contributed by atoms with Crippen molar-refractivity contribution in [3.63, 3.8) is 0 Å². The van der Waals surface area contributed by atoms with Gasteiger partial charge in [0.05, 0.1) is 17.2 Å². The number of carbonyl (C=O) groups is 1. The zero-order valence-corrected chi connectivity index (χ0v) is 10.6. The van der Waals surface area contributed by atoms with Gasteiger partial charge in [0.2, 0.25) is 0 Å². The van der Waals surface area contributed by atoms with Crippen LogP contribution in [0.2, 0.25) is 10.0 Å². The molecule has 0 radical (unpaired) electrons. The molecule has 1 aromatic rings. The third-order valence-electron chi connectivity index (χ3n) is 1.97. The molecule has 3 nitrogen and oxygen atoms in total. The normalized spacial score (nSPS) is 12.2. The first-order valence-electron chi connectivity index (χ1n) is 4.79. The monoisotopic (exact) mass is 261 g/mol. The number of rotatable bonds is 4. The van der Waals surface area contributed by atoms with Crippen molar-refractivity contribution in [3.8, 4) is 0 Å². The SMILES string of the molecule is COC[C@H](C)NC(=O)c1cc(Cl)ccc1Cl. The van der Waals surface area contributed by atoms with Crippen LogP contribution in [0.4, 0.5) is 0 Å². The third-order valence-corrected chi connectivity index (χ3v) is 2.53. The maximum atomic E-state index is 11.8. The number of halogens is 2. The van der Waals surface area contributed by atoms with Gasteiger partial charge < -0.3 is 10.1 Å². The average molecular weight is 262 g/mol. The molecule has 0 heterocycles. The summed E-state index contributed by atoms with van der Waals surface area (Å²) in [4.78, 5) is 11.8. The van der Waals surface area contributed by atoms with Crippen LogP contribution in [0.25, 0.3) is 0 Å². The molecule has 0 bridgehead atoms. The van der Waals surface area contributed by atoms with E-state index in [1.807, 2.05) is 6.92 Å². The first-order chi connectivity index (χ1) is 7.54. The Bertz CT molecular complexity index is 382. The molecule has 0 spiro atoms. The number of hydrogen-bond acceptors (Lipinski definition) is 2. The first-order valence-corrected chi connectivity index (χ1v) is 5.55. The van der Waals surface area contributed by atoms with Gasteiger partial charge in [-0.3, -0.25) is 4.79 Å². The smallest absolute Gasteiger partial charge is 0.253 e. The van der Waals surface area contributed by atoms with Crippen LogP contribution < -0.4 is 5.32 Å². The summed E-state index contributed by atoms with van der Waals surface area (Å²) in [6.45, 7) is 2.30. The van der Waals surface area contributed by atoms with Crippen LogP contribution in [0.3, 0.4) is 0 Å². The fraction of sp³-hybridized carbons (Fsp3) is 0.364. The summed E-state index contributed by atoms with van der Waals surface area (Å²) in [5.41, 5.74) is 0.372. The van der Waals surface area contributed by atoms with Crippen molar-refractivity contribution < 1.29 is 9.53 Å². The second kappa shape index (κ2) is 6.09. The van der Waals surface area contributed by atoms with Crippen molar-refractivity contribution in [2.75, 3.05) is 13.7 Å². The van der Waals surface area contributed by atoms with Gasteiger partial charge in [0.1, 0.15) is 0 Å². The molecule has 5 heteroatoms. The number of benzene rings is 1. The van der Waals surface area contributed by atoms with Gasteiger partial charge in [0, 0.05) is 18.2 Å². The molecule has 0 fully saturated rings. The van der Waals surface area contributed by atoms with E-state index < -0.39 is 0 Å². The molecule has 0 aliphatic rings. The molecule has 0 aliphatic carbocycles. The van der Waals surface area contributed by atoms with Gasteiger partial charge in [-0.1, -0.05) is 23.2 Å². The zero-order chi connectivity index (χ0) is 12.1. The first kappa shape index (κ1) is 13.3. The Morgan fingerprint density at radius 2 is 2.19 bits per heavy atom. The maximum absolute atomic E-state index is 11.8. The zero-order valence-electron chi connectivity index (χ0n) is 9.09. The molecule has 0 saturated carbocycles. The fourth-order valence-corrected chi connectivity index (χ4v) is 1.64. The van der Waals surface area contributed by atoms with Gasteiger partial charge in [-0.05, 0) is 25.1 Å². The van der Waals surface area contributed by atoms with Gasteiger partial charge in [-0.25, -0.2) is 0 Å². The second-order valence-corrected chi connectivity index (χ2v) is 4.30. The third kappa shape index (κ3) is 3.67. The molecule has 1 aromatic carbocycles. The summed E-state index contributed by atoms with van der Waals surface area (Å²) in [5, 5.41) is 3.62. The minimum absolute atomic E-state index is 0.0763. The predicted octanol–water partition coefficient (Wildman–Crippen LogP) is 2.76. The van der Waals surface area contributed by atoms with E-state index in [9.17, 15) is 4.79 Å². The molecule has 0 saturated heterocycles. The largest absolute Gasteiger partial charge is 0.383 e. The Kier molecular flexibility index (Phi) is 5.06. The van der Waals surface area contributed by atoms with Crippen LogP contribution >= 0.6 is 23.2 Å². The molecule has 0 aromatic heterocycles. The van der Waals surface area contributed by atoms with E-state index in [1.165, 1.54) is 0 Å². The van der Waals surface area contributed by atoms with E-state index in [-0.39, 0.29) is 11.9 Å². The second-order valence-electron chi connectivity index (χ2n) is 3.45. The van der Waals surface area contributed by atoms with Gasteiger partial charge in [-0.15, -0.1) is 0 Å². The van der Waals surface area contributed by atoms with Crippen molar-refractivity contribution in [1.29, 1.82) is 0 Å². The summed E-state index contributed by atoms with van der Waals surface area (Å²) in [7, 11) is 1.58. The number of ether oxygens (including phenoxy) is 1. The number of amides is 1. The van der Waals surface area contributed by atoms with Crippen LogP contribution in [-0.4, -0.2) is 25.7 Å². The molecular formula is C11H13Cl2NO2. The molecule has 1 N–H and O–H groups in total. The van der Waals surface area contributed by atoms with Crippen molar-refractivity contribution in [2.24, 2.45) is 0 Å². The molecule has 16 heavy (non-hydrogen) atoms. The van der Waals surface area contributed by atoms with Crippen molar-refractivity contribution in [1.82, 2.24) is 5.32 Å². The van der Waals surface area contributed by atoms with Gasteiger partial charge in [0.25, 0.3) is 5.91 Å².